The molecule has 1 aromatic heterocycles. The van der Waals surface area contributed by atoms with E-state index in [0.717, 1.165) is 18.7 Å². The summed E-state index contributed by atoms with van der Waals surface area (Å²) >= 11 is 5.92. The van der Waals surface area contributed by atoms with Gasteiger partial charge >= 0.3 is 6.03 Å². The van der Waals surface area contributed by atoms with Crippen LogP contribution in [0.25, 0.3) is 0 Å². The molecule has 6 nitrogen and oxygen atoms in total. The van der Waals surface area contributed by atoms with Crippen molar-refractivity contribution in [2.24, 2.45) is 0 Å². The molecule has 0 radical (unpaired) electrons. The Morgan fingerprint density at radius 2 is 2.11 bits per heavy atom. The van der Waals surface area contributed by atoms with Gasteiger partial charge in [0.05, 0.1) is 0 Å². The number of nitrogens with zero attached hydrogens (tertiary/aromatic N) is 3. The largest absolute Gasteiger partial charge is 0.368 e. The van der Waals surface area contributed by atoms with Crippen LogP contribution in [0.5, 0.6) is 0 Å². The number of amides is 2. The number of aromatic nitrogens is 2. The monoisotopic (exact) mass is 285 g/mol. The average Bonchev–Trinajstić information content (AvgIpc) is 2.34. The lowest BCUT2D eigenvalue weighted by Gasteiger charge is -2.12. The van der Waals surface area contributed by atoms with Gasteiger partial charge in [0.25, 0.3) is 0 Å². The molecule has 0 aliphatic rings. The van der Waals surface area contributed by atoms with Crippen molar-refractivity contribution in [3.8, 4) is 0 Å². The Bertz CT molecular complexity index is 425. The lowest BCUT2D eigenvalue weighted by Crippen LogP contribution is -2.37. The van der Waals surface area contributed by atoms with Crippen LogP contribution in [-0.2, 0) is 6.42 Å². The van der Waals surface area contributed by atoms with Crippen molar-refractivity contribution in [2.75, 3.05) is 32.5 Å². The predicted octanol–water partition coefficient (Wildman–Crippen LogP) is 1.77. The molecule has 0 aromatic carbocycles. The quantitative estimate of drug-likeness (QED) is 0.617. The van der Waals surface area contributed by atoms with E-state index in [4.69, 9.17) is 11.6 Å². The second kappa shape index (κ2) is 7.78. The minimum absolute atomic E-state index is 0.116. The molecule has 0 aliphatic carbocycles. The van der Waals surface area contributed by atoms with Crippen molar-refractivity contribution in [1.82, 2.24) is 20.2 Å². The molecule has 2 N–H and O–H groups in total. The SMILES string of the molecule is CCCc1nc(Cl)cc(NCCNC(=O)N(C)C)n1. The minimum Gasteiger partial charge on any atom is -0.368 e. The number of aryl methyl sites for hydroxylation is 1. The summed E-state index contributed by atoms with van der Waals surface area (Å²) in [6, 6.07) is 1.56. The lowest BCUT2D eigenvalue weighted by atomic mass is 10.3. The van der Waals surface area contributed by atoms with Crippen molar-refractivity contribution < 1.29 is 4.79 Å². The molecule has 106 valence electrons. The summed E-state index contributed by atoms with van der Waals surface area (Å²) in [7, 11) is 3.40. The normalized spacial score (nSPS) is 10.1. The first-order valence-electron chi connectivity index (χ1n) is 6.25. The third-order valence-corrected chi connectivity index (χ3v) is 2.52. The van der Waals surface area contributed by atoms with E-state index in [0.29, 0.717) is 24.1 Å². The fourth-order valence-corrected chi connectivity index (χ4v) is 1.61. The van der Waals surface area contributed by atoms with E-state index in [9.17, 15) is 4.79 Å². The van der Waals surface area contributed by atoms with E-state index in [1.54, 1.807) is 20.2 Å². The Hall–Kier alpha value is -1.56. The van der Waals surface area contributed by atoms with E-state index in [1.165, 1.54) is 4.90 Å². The Balaban J connectivity index is 2.42. The Morgan fingerprint density at radius 1 is 1.37 bits per heavy atom. The van der Waals surface area contributed by atoms with Gasteiger partial charge in [-0.25, -0.2) is 14.8 Å². The van der Waals surface area contributed by atoms with Crippen molar-refractivity contribution in [3.05, 3.63) is 17.0 Å². The minimum atomic E-state index is -0.116. The summed E-state index contributed by atoms with van der Waals surface area (Å²) in [5.41, 5.74) is 0. The third kappa shape index (κ3) is 5.74. The summed E-state index contributed by atoms with van der Waals surface area (Å²) in [6.07, 6.45) is 1.77. The molecule has 0 saturated carbocycles. The number of rotatable bonds is 6. The summed E-state index contributed by atoms with van der Waals surface area (Å²) < 4.78 is 0. The van der Waals surface area contributed by atoms with Gasteiger partial charge in [0.1, 0.15) is 16.8 Å². The number of carbonyl (C=O) groups excluding carboxylic acids is 1. The summed E-state index contributed by atoms with van der Waals surface area (Å²) in [4.78, 5) is 21.3. The molecule has 0 bridgehead atoms. The van der Waals surface area contributed by atoms with Crippen LogP contribution in [0.4, 0.5) is 10.6 Å². The van der Waals surface area contributed by atoms with E-state index >= 15 is 0 Å². The number of hydrogen-bond donors (Lipinski definition) is 2. The van der Waals surface area contributed by atoms with E-state index in [1.807, 2.05) is 0 Å². The number of hydrogen-bond acceptors (Lipinski definition) is 4. The maximum absolute atomic E-state index is 11.3. The van der Waals surface area contributed by atoms with Gasteiger partial charge in [-0.15, -0.1) is 0 Å². The van der Waals surface area contributed by atoms with Crippen molar-refractivity contribution in [1.29, 1.82) is 0 Å². The van der Waals surface area contributed by atoms with Gasteiger partial charge in [0.2, 0.25) is 0 Å². The van der Waals surface area contributed by atoms with Crippen molar-refractivity contribution in [2.45, 2.75) is 19.8 Å². The second-order valence-electron chi connectivity index (χ2n) is 4.30. The number of nitrogens with one attached hydrogen (secondary N) is 2. The Kier molecular flexibility index (Phi) is 6.35. The number of halogens is 1. The lowest BCUT2D eigenvalue weighted by molar-refractivity contribution is 0.218. The highest BCUT2D eigenvalue weighted by molar-refractivity contribution is 6.29. The van der Waals surface area contributed by atoms with Crippen LogP contribution in [0.1, 0.15) is 19.2 Å². The molecule has 0 unspecified atom stereocenters. The molecular formula is C12H20ClN5O. The van der Waals surface area contributed by atoms with Gasteiger partial charge < -0.3 is 15.5 Å². The van der Waals surface area contributed by atoms with Gasteiger partial charge in [-0.05, 0) is 6.42 Å². The van der Waals surface area contributed by atoms with Gasteiger partial charge in [0.15, 0.2) is 0 Å². The fraction of sp³-hybridized carbons (Fsp3) is 0.583. The van der Waals surface area contributed by atoms with Crippen LogP contribution in [0, 0.1) is 0 Å². The van der Waals surface area contributed by atoms with E-state index in [2.05, 4.69) is 27.5 Å². The van der Waals surface area contributed by atoms with Crippen molar-refractivity contribution in [3.63, 3.8) is 0 Å². The molecule has 2 amide bonds. The highest BCUT2D eigenvalue weighted by atomic mass is 35.5. The molecule has 0 aliphatic heterocycles. The van der Waals surface area contributed by atoms with Crippen molar-refractivity contribution >= 4 is 23.4 Å². The Morgan fingerprint density at radius 3 is 2.74 bits per heavy atom. The van der Waals surface area contributed by atoms with E-state index in [-0.39, 0.29) is 6.03 Å². The molecule has 0 spiro atoms. The first kappa shape index (κ1) is 15.5. The molecule has 1 aromatic rings. The highest BCUT2D eigenvalue weighted by Crippen LogP contribution is 2.12. The van der Waals surface area contributed by atoms with Gasteiger partial charge in [-0.1, -0.05) is 18.5 Å². The number of anilines is 1. The molecular weight excluding hydrogens is 266 g/mol. The standard InChI is InChI=1S/C12H20ClN5O/c1-4-5-10-16-9(13)8-11(17-10)14-6-7-15-12(19)18(2)3/h8H,4-7H2,1-3H3,(H,15,19)(H,14,16,17). The zero-order valence-electron chi connectivity index (χ0n) is 11.5. The maximum atomic E-state index is 11.3. The zero-order valence-corrected chi connectivity index (χ0v) is 12.3. The summed E-state index contributed by atoms with van der Waals surface area (Å²) in [6.45, 7) is 3.16. The van der Waals surface area contributed by atoms with E-state index < -0.39 is 0 Å². The third-order valence-electron chi connectivity index (χ3n) is 2.33. The van der Waals surface area contributed by atoms with Gasteiger partial charge in [-0.2, -0.15) is 0 Å². The summed E-state index contributed by atoms with van der Waals surface area (Å²) in [5.74, 6) is 1.41. The smallest absolute Gasteiger partial charge is 0.316 e. The number of urea groups is 1. The second-order valence-corrected chi connectivity index (χ2v) is 4.68. The number of carbonyl (C=O) groups is 1. The van der Waals surface area contributed by atoms with Crippen LogP contribution in [0.15, 0.2) is 6.07 Å². The van der Waals surface area contributed by atoms with Crippen LogP contribution < -0.4 is 10.6 Å². The van der Waals surface area contributed by atoms with Crippen LogP contribution in [-0.4, -0.2) is 48.1 Å². The predicted molar refractivity (Wildman–Crippen MR) is 76.6 cm³/mol. The first-order valence-corrected chi connectivity index (χ1v) is 6.63. The molecule has 19 heavy (non-hydrogen) atoms. The average molecular weight is 286 g/mol. The fourth-order valence-electron chi connectivity index (χ4n) is 1.41. The summed E-state index contributed by atoms with van der Waals surface area (Å²) in [5, 5.41) is 6.29. The van der Waals surface area contributed by atoms with Gasteiger partial charge in [0, 0.05) is 39.7 Å². The van der Waals surface area contributed by atoms with Crippen LogP contribution in [0.3, 0.4) is 0 Å². The topological polar surface area (TPSA) is 70.2 Å². The Labute approximate surface area is 118 Å². The van der Waals surface area contributed by atoms with Crippen LogP contribution in [0.2, 0.25) is 5.15 Å². The highest BCUT2D eigenvalue weighted by Gasteiger charge is 2.04. The molecule has 7 heteroatoms. The first-order chi connectivity index (χ1) is 9.02. The molecule has 1 heterocycles. The van der Waals surface area contributed by atoms with Gasteiger partial charge in [-0.3, -0.25) is 0 Å². The molecule has 1 rings (SSSR count). The molecule has 0 atom stereocenters. The molecule has 0 fully saturated rings. The zero-order chi connectivity index (χ0) is 14.3. The molecule has 0 saturated heterocycles. The maximum Gasteiger partial charge on any atom is 0.316 e. The van der Waals surface area contributed by atoms with Crippen LogP contribution >= 0.6 is 11.6 Å².